The van der Waals surface area contributed by atoms with Crippen LogP contribution in [0.3, 0.4) is 0 Å². The molecule has 0 unspecified atom stereocenters. The van der Waals surface area contributed by atoms with Gasteiger partial charge in [0.25, 0.3) is 6.64 Å². The second kappa shape index (κ2) is 6.13. The molecule has 1 N–H and O–H groups in total. The van der Waals surface area contributed by atoms with Gasteiger partial charge in [-0.3, -0.25) is 0 Å². The number of rotatable bonds is 5. The van der Waals surface area contributed by atoms with Crippen LogP contribution in [-0.2, 0) is 20.9 Å². The minimum absolute atomic E-state index is 0.0291. The number of nitrogens with one attached hydrogen (secondary N) is 1. The number of thiocarbonyl (C=S) groups is 1. The van der Waals surface area contributed by atoms with Gasteiger partial charge in [-0.1, -0.05) is 12.2 Å². The van der Waals surface area contributed by atoms with Crippen molar-refractivity contribution in [1.29, 1.82) is 0 Å². The Balaban J connectivity index is 4.49. The third-order valence-electron chi connectivity index (χ3n) is 0.994. The molecular formula is C8H18NO2PS2. The Morgan fingerprint density at radius 2 is 1.50 bits per heavy atom. The van der Waals surface area contributed by atoms with Gasteiger partial charge < -0.3 is 14.1 Å². The van der Waals surface area contributed by atoms with Gasteiger partial charge in [-0.2, -0.15) is 0 Å². The minimum Gasteiger partial charge on any atom is -0.311 e. The lowest BCUT2D eigenvalue weighted by Crippen LogP contribution is -2.22. The third-order valence-corrected chi connectivity index (χ3v) is 4.04. The van der Waals surface area contributed by atoms with Crippen LogP contribution in [-0.4, -0.2) is 17.2 Å². The molecule has 0 saturated heterocycles. The third kappa shape index (κ3) is 6.85. The fourth-order valence-electron chi connectivity index (χ4n) is 0.825. The summed E-state index contributed by atoms with van der Waals surface area (Å²) >= 11 is 10.2. The van der Waals surface area contributed by atoms with Crippen LogP contribution in [0.25, 0.3) is 0 Å². The van der Waals surface area contributed by atoms with Crippen molar-refractivity contribution < 1.29 is 9.05 Å². The van der Waals surface area contributed by atoms with Gasteiger partial charge in [0.1, 0.15) is 0 Å². The molecule has 0 heterocycles. The Hall–Kier alpha value is 0.460. The lowest BCUT2D eigenvalue weighted by Gasteiger charge is -2.26. The van der Waals surface area contributed by atoms with Crippen LogP contribution < -0.4 is 5.09 Å². The predicted octanol–water partition coefficient (Wildman–Crippen LogP) is 3.00. The van der Waals surface area contributed by atoms with Crippen molar-refractivity contribution in [2.24, 2.45) is 0 Å². The van der Waals surface area contributed by atoms with Gasteiger partial charge in [0, 0.05) is 0 Å². The lowest BCUT2D eigenvalue weighted by molar-refractivity contribution is 0.172. The molecule has 0 aliphatic carbocycles. The predicted molar refractivity (Wildman–Crippen MR) is 68.1 cm³/mol. The first-order valence-corrected chi connectivity index (χ1v) is 7.55. The van der Waals surface area contributed by atoms with Crippen LogP contribution in [0.4, 0.5) is 0 Å². The Bertz CT molecular complexity index is 229. The van der Waals surface area contributed by atoms with Gasteiger partial charge in [-0.25, -0.2) is 0 Å². The first kappa shape index (κ1) is 14.5. The molecule has 0 aliphatic rings. The summed E-state index contributed by atoms with van der Waals surface area (Å²) in [5, 5.41) is 2.93. The van der Waals surface area contributed by atoms with Crippen LogP contribution in [0.2, 0.25) is 0 Å². The molecule has 0 amide bonds. The second-order valence-electron chi connectivity index (χ2n) is 3.47. The fourth-order valence-corrected chi connectivity index (χ4v) is 4.45. The highest BCUT2D eigenvalue weighted by atomic mass is 32.5. The molecule has 14 heavy (non-hydrogen) atoms. The molecule has 84 valence electrons. The van der Waals surface area contributed by atoms with E-state index in [0.29, 0.717) is 4.99 Å². The number of hydrogen-bond donors (Lipinski definition) is 1. The molecule has 0 aromatic rings. The monoisotopic (exact) mass is 255 g/mol. The average molecular weight is 255 g/mol. The van der Waals surface area contributed by atoms with E-state index in [2.05, 4.69) is 5.09 Å². The van der Waals surface area contributed by atoms with Crippen LogP contribution in [0.5, 0.6) is 0 Å². The quantitative estimate of drug-likeness (QED) is 0.603. The first-order valence-electron chi connectivity index (χ1n) is 4.51. The van der Waals surface area contributed by atoms with E-state index in [1.165, 1.54) is 0 Å². The minimum atomic E-state index is -2.45. The summed E-state index contributed by atoms with van der Waals surface area (Å²) in [7, 11) is 0. The van der Waals surface area contributed by atoms with E-state index < -0.39 is 6.64 Å². The van der Waals surface area contributed by atoms with Gasteiger partial charge in [0.15, 0.2) is 0 Å². The van der Waals surface area contributed by atoms with Crippen molar-refractivity contribution in [1.82, 2.24) is 5.09 Å². The van der Waals surface area contributed by atoms with Gasteiger partial charge in [-0.05, 0) is 46.4 Å². The molecule has 0 radical (unpaired) electrons. The van der Waals surface area contributed by atoms with Crippen molar-refractivity contribution in [3.05, 3.63) is 0 Å². The van der Waals surface area contributed by atoms with Gasteiger partial charge in [0.05, 0.1) is 17.2 Å². The highest BCUT2D eigenvalue weighted by Crippen LogP contribution is 2.46. The van der Waals surface area contributed by atoms with Gasteiger partial charge >= 0.3 is 0 Å². The molecule has 6 heteroatoms. The van der Waals surface area contributed by atoms with Crippen LogP contribution >= 0.6 is 18.9 Å². The van der Waals surface area contributed by atoms with Gasteiger partial charge in [-0.15, -0.1) is 0 Å². The Labute approximate surface area is 96.8 Å². The zero-order chi connectivity index (χ0) is 11.4. The zero-order valence-corrected chi connectivity index (χ0v) is 11.8. The van der Waals surface area contributed by atoms with E-state index in [4.69, 9.17) is 33.1 Å². The van der Waals surface area contributed by atoms with Crippen molar-refractivity contribution >= 4 is 35.7 Å². The fraction of sp³-hybridized carbons (Fsp3) is 0.875. The van der Waals surface area contributed by atoms with E-state index in [9.17, 15) is 0 Å². The summed E-state index contributed by atoms with van der Waals surface area (Å²) < 4.78 is 11.1. The molecule has 0 aliphatic heterocycles. The SMILES string of the molecule is CC(=S)NP(=S)(OC(C)C)OC(C)C. The first-order chi connectivity index (χ1) is 6.25. The highest BCUT2D eigenvalue weighted by molar-refractivity contribution is 8.09. The molecule has 0 aromatic heterocycles. The highest BCUT2D eigenvalue weighted by Gasteiger charge is 2.22. The van der Waals surface area contributed by atoms with E-state index in [1.807, 2.05) is 27.7 Å². The normalized spacial score (nSPS) is 12.2. The zero-order valence-electron chi connectivity index (χ0n) is 9.23. The Kier molecular flexibility index (Phi) is 6.33. The smallest absolute Gasteiger partial charge is 0.288 e. The Morgan fingerprint density at radius 1 is 1.14 bits per heavy atom. The lowest BCUT2D eigenvalue weighted by atomic mass is 10.5. The molecule has 0 rings (SSSR count). The summed E-state index contributed by atoms with van der Waals surface area (Å²) in [5.41, 5.74) is 0. The van der Waals surface area contributed by atoms with Crippen LogP contribution in [0, 0.1) is 0 Å². The maximum atomic E-state index is 5.56. The van der Waals surface area contributed by atoms with Crippen molar-refractivity contribution in [3.63, 3.8) is 0 Å². The molecule has 0 bridgehead atoms. The summed E-state index contributed by atoms with van der Waals surface area (Å²) in [6.07, 6.45) is 0.0582. The largest absolute Gasteiger partial charge is 0.311 e. The van der Waals surface area contributed by atoms with Crippen LogP contribution in [0.1, 0.15) is 34.6 Å². The standard InChI is InChI=1S/C8H18NO2PS2/c1-6(2)10-12(14,9-8(5)13)11-7(3)4/h6-7H,1-5H3,(H,9,13,14). The molecule has 0 aromatic carbocycles. The Morgan fingerprint density at radius 3 is 1.71 bits per heavy atom. The summed E-state index contributed by atoms with van der Waals surface area (Å²) in [6.45, 7) is 7.01. The molecule has 0 saturated carbocycles. The topological polar surface area (TPSA) is 30.5 Å². The average Bonchev–Trinajstić information content (AvgIpc) is 1.76. The molecular weight excluding hydrogens is 237 g/mol. The summed E-state index contributed by atoms with van der Waals surface area (Å²) in [5.74, 6) is 0. The van der Waals surface area contributed by atoms with E-state index >= 15 is 0 Å². The van der Waals surface area contributed by atoms with Crippen molar-refractivity contribution in [3.8, 4) is 0 Å². The van der Waals surface area contributed by atoms with E-state index in [-0.39, 0.29) is 12.2 Å². The second-order valence-corrected chi connectivity index (χ2v) is 7.17. The summed E-state index contributed by atoms with van der Waals surface area (Å²) in [4.78, 5) is 0.606. The molecule has 0 fully saturated rings. The molecule has 0 spiro atoms. The van der Waals surface area contributed by atoms with Gasteiger partial charge in [0.2, 0.25) is 0 Å². The molecule has 3 nitrogen and oxygen atoms in total. The van der Waals surface area contributed by atoms with Crippen molar-refractivity contribution in [2.75, 3.05) is 0 Å². The number of hydrogen-bond acceptors (Lipinski definition) is 4. The summed E-state index contributed by atoms with van der Waals surface area (Å²) in [6, 6.07) is 0. The van der Waals surface area contributed by atoms with Crippen LogP contribution in [0.15, 0.2) is 0 Å². The molecule has 0 atom stereocenters. The van der Waals surface area contributed by atoms with Crippen molar-refractivity contribution in [2.45, 2.75) is 46.8 Å². The van der Waals surface area contributed by atoms with E-state index in [1.54, 1.807) is 6.92 Å². The maximum absolute atomic E-state index is 5.56. The maximum Gasteiger partial charge on any atom is 0.288 e. The van der Waals surface area contributed by atoms with E-state index in [0.717, 1.165) is 0 Å².